The highest BCUT2D eigenvalue weighted by Gasteiger charge is 2.09. The van der Waals surface area contributed by atoms with E-state index >= 15 is 0 Å². The number of nitrogens with zero attached hydrogens (tertiary/aromatic N) is 3. The molecule has 0 spiro atoms. The van der Waals surface area contributed by atoms with Gasteiger partial charge in [-0.1, -0.05) is 23.2 Å². The van der Waals surface area contributed by atoms with Gasteiger partial charge in [0.05, 0.1) is 12.4 Å². The van der Waals surface area contributed by atoms with E-state index in [0.717, 1.165) is 6.20 Å². The molecule has 0 saturated heterocycles. The van der Waals surface area contributed by atoms with Crippen molar-refractivity contribution in [3.63, 3.8) is 0 Å². The summed E-state index contributed by atoms with van der Waals surface area (Å²) < 4.78 is 14.1. The maximum absolute atomic E-state index is 12.9. The van der Waals surface area contributed by atoms with Crippen molar-refractivity contribution in [3.05, 3.63) is 28.5 Å². The van der Waals surface area contributed by atoms with Gasteiger partial charge in [-0.2, -0.15) is 5.10 Å². The van der Waals surface area contributed by atoms with Gasteiger partial charge >= 0.3 is 0 Å². The molecule has 0 radical (unpaired) electrons. The van der Waals surface area contributed by atoms with Crippen LogP contribution < -0.4 is 0 Å². The van der Waals surface area contributed by atoms with Crippen LogP contribution in [0.3, 0.4) is 0 Å². The Morgan fingerprint density at radius 1 is 1.42 bits per heavy atom. The van der Waals surface area contributed by atoms with Crippen LogP contribution in [-0.2, 0) is 0 Å². The summed E-state index contributed by atoms with van der Waals surface area (Å²) in [6.45, 7) is 0. The van der Waals surface area contributed by atoms with E-state index < -0.39 is 5.82 Å². The summed E-state index contributed by atoms with van der Waals surface area (Å²) in [5.74, 6) is -0.510. The lowest BCUT2D eigenvalue weighted by Crippen LogP contribution is -1.90. The third-order valence-corrected chi connectivity index (χ3v) is 1.83. The van der Waals surface area contributed by atoms with E-state index in [1.165, 1.54) is 10.7 Å². The molecule has 0 amide bonds. The maximum atomic E-state index is 12.9. The Kier molecular flexibility index (Phi) is 1.66. The Bertz CT molecular complexity index is 440. The summed E-state index contributed by atoms with van der Waals surface area (Å²) >= 11 is 11.2. The lowest BCUT2D eigenvalue weighted by Gasteiger charge is -1.95. The zero-order valence-corrected chi connectivity index (χ0v) is 7.14. The Morgan fingerprint density at radius 2 is 2.17 bits per heavy atom. The van der Waals surface area contributed by atoms with Crippen LogP contribution in [0.5, 0.6) is 0 Å². The fourth-order valence-corrected chi connectivity index (χ4v) is 1.40. The minimum absolute atomic E-state index is 0.0116. The average molecular weight is 206 g/mol. The van der Waals surface area contributed by atoms with E-state index in [1.807, 2.05) is 0 Å². The molecule has 2 aromatic rings. The van der Waals surface area contributed by atoms with Gasteiger partial charge in [-0.05, 0) is 0 Å². The van der Waals surface area contributed by atoms with E-state index in [2.05, 4.69) is 10.1 Å². The molecule has 0 unspecified atom stereocenters. The van der Waals surface area contributed by atoms with Crippen LogP contribution in [0.1, 0.15) is 0 Å². The SMILES string of the molecule is Fc1cnn2cc(Cl)nc(Cl)c12. The van der Waals surface area contributed by atoms with Crippen LogP contribution in [0.15, 0.2) is 12.4 Å². The fraction of sp³-hybridized carbons (Fsp3) is 0. The molecule has 0 aromatic carbocycles. The third kappa shape index (κ3) is 1.04. The number of rotatable bonds is 0. The van der Waals surface area contributed by atoms with Gasteiger partial charge in [-0.25, -0.2) is 13.9 Å². The lowest BCUT2D eigenvalue weighted by molar-refractivity contribution is 0.638. The van der Waals surface area contributed by atoms with E-state index in [1.54, 1.807) is 0 Å². The summed E-state index contributed by atoms with van der Waals surface area (Å²) in [5, 5.41) is 3.86. The predicted molar refractivity (Wildman–Crippen MR) is 43.0 cm³/mol. The van der Waals surface area contributed by atoms with Crippen molar-refractivity contribution < 1.29 is 4.39 Å². The van der Waals surface area contributed by atoms with Crippen molar-refractivity contribution in [2.24, 2.45) is 0 Å². The summed E-state index contributed by atoms with van der Waals surface area (Å²) in [6.07, 6.45) is 2.44. The second kappa shape index (κ2) is 2.57. The standard InChI is InChI=1S/C6H2Cl2FN3/c7-4-2-12-5(6(8)11-4)3(9)1-10-12/h1-2H. The molecule has 0 aliphatic rings. The molecule has 3 nitrogen and oxygen atoms in total. The van der Waals surface area contributed by atoms with Crippen LogP contribution in [0.2, 0.25) is 10.3 Å². The Morgan fingerprint density at radius 3 is 2.92 bits per heavy atom. The highest BCUT2D eigenvalue weighted by Crippen LogP contribution is 2.19. The van der Waals surface area contributed by atoms with Crippen molar-refractivity contribution in [1.82, 2.24) is 14.6 Å². The van der Waals surface area contributed by atoms with E-state index in [4.69, 9.17) is 23.2 Å². The highest BCUT2D eigenvalue weighted by atomic mass is 35.5. The summed E-state index contributed by atoms with van der Waals surface area (Å²) in [5.41, 5.74) is 0.140. The quantitative estimate of drug-likeness (QED) is 0.661. The predicted octanol–water partition coefficient (Wildman–Crippen LogP) is 2.18. The molecule has 0 bridgehead atoms. The molecule has 6 heteroatoms. The summed E-state index contributed by atoms with van der Waals surface area (Å²) in [4.78, 5) is 3.66. The van der Waals surface area contributed by atoms with E-state index in [-0.39, 0.29) is 15.8 Å². The first kappa shape index (κ1) is 7.76. The molecule has 2 heterocycles. The molecule has 0 aliphatic heterocycles. The van der Waals surface area contributed by atoms with Crippen molar-refractivity contribution in [2.75, 3.05) is 0 Å². The third-order valence-electron chi connectivity index (χ3n) is 1.38. The fourth-order valence-electron chi connectivity index (χ4n) is 0.909. The van der Waals surface area contributed by atoms with Gasteiger partial charge in [-0.3, -0.25) is 0 Å². The van der Waals surface area contributed by atoms with Crippen molar-refractivity contribution in [1.29, 1.82) is 0 Å². The van der Waals surface area contributed by atoms with Crippen LogP contribution in [0.4, 0.5) is 4.39 Å². The summed E-state index contributed by atoms with van der Waals surface area (Å²) in [7, 11) is 0. The van der Waals surface area contributed by atoms with Gasteiger partial charge in [0, 0.05) is 0 Å². The first-order valence-electron chi connectivity index (χ1n) is 3.03. The van der Waals surface area contributed by atoms with E-state index in [0.29, 0.717) is 0 Å². The van der Waals surface area contributed by atoms with Crippen LogP contribution in [-0.4, -0.2) is 14.6 Å². The average Bonchev–Trinajstić information content (AvgIpc) is 2.31. The molecular weight excluding hydrogens is 204 g/mol. The molecule has 62 valence electrons. The molecule has 0 fully saturated rings. The molecule has 2 aromatic heterocycles. The zero-order valence-electron chi connectivity index (χ0n) is 5.63. The zero-order chi connectivity index (χ0) is 8.72. The van der Waals surface area contributed by atoms with Gasteiger partial charge < -0.3 is 0 Å². The summed E-state index contributed by atoms with van der Waals surface area (Å²) in [6, 6.07) is 0. The number of hydrogen-bond acceptors (Lipinski definition) is 2. The molecular formula is C6H2Cl2FN3. The van der Waals surface area contributed by atoms with Gasteiger partial charge in [0.1, 0.15) is 10.7 Å². The topological polar surface area (TPSA) is 30.2 Å². The van der Waals surface area contributed by atoms with Crippen LogP contribution in [0, 0.1) is 5.82 Å². The van der Waals surface area contributed by atoms with Crippen LogP contribution in [0.25, 0.3) is 5.52 Å². The normalized spacial score (nSPS) is 10.9. The minimum atomic E-state index is -0.510. The van der Waals surface area contributed by atoms with Gasteiger partial charge in [-0.15, -0.1) is 0 Å². The van der Waals surface area contributed by atoms with Gasteiger partial charge in [0.15, 0.2) is 11.0 Å². The number of halogens is 3. The van der Waals surface area contributed by atoms with E-state index in [9.17, 15) is 4.39 Å². The second-order valence-electron chi connectivity index (χ2n) is 2.14. The molecule has 0 aliphatic carbocycles. The number of fused-ring (bicyclic) bond motifs is 1. The Balaban J connectivity index is 2.93. The maximum Gasteiger partial charge on any atom is 0.172 e. The van der Waals surface area contributed by atoms with Crippen LogP contribution >= 0.6 is 23.2 Å². The van der Waals surface area contributed by atoms with Gasteiger partial charge in [0.25, 0.3) is 0 Å². The van der Waals surface area contributed by atoms with Crippen molar-refractivity contribution >= 4 is 28.7 Å². The van der Waals surface area contributed by atoms with Crippen molar-refractivity contribution in [2.45, 2.75) is 0 Å². The molecule has 12 heavy (non-hydrogen) atoms. The smallest absolute Gasteiger partial charge is 0.172 e. The molecule has 2 rings (SSSR count). The highest BCUT2D eigenvalue weighted by molar-refractivity contribution is 6.34. The molecule has 0 atom stereocenters. The first-order chi connectivity index (χ1) is 5.68. The second-order valence-corrected chi connectivity index (χ2v) is 2.89. The molecule has 0 N–H and O–H groups in total. The van der Waals surface area contributed by atoms with Crippen molar-refractivity contribution in [3.8, 4) is 0 Å². The lowest BCUT2D eigenvalue weighted by atomic mass is 10.5. The minimum Gasteiger partial charge on any atom is -0.232 e. The largest absolute Gasteiger partial charge is 0.232 e. The number of hydrogen-bond donors (Lipinski definition) is 0. The molecule has 0 saturated carbocycles. The Hall–Kier alpha value is -0.870. The Labute approximate surface area is 76.7 Å². The van der Waals surface area contributed by atoms with Gasteiger partial charge in [0.2, 0.25) is 0 Å². The monoisotopic (exact) mass is 205 g/mol. The first-order valence-corrected chi connectivity index (χ1v) is 3.79. The number of aromatic nitrogens is 3.